The van der Waals surface area contributed by atoms with Gasteiger partial charge in [0.05, 0.1) is 11.3 Å². The number of hydrogen-bond donors (Lipinski definition) is 1. The Bertz CT molecular complexity index is 790. The number of nitrogens with zero attached hydrogens (tertiary/aromatic N) is 2. The maximum atomic E-state index is 12.1. The third kappa shape index (κ3) is 3.58. The van der Waals surface area contributed by atoms with E-state index in [1.54, 1.807) is 36.0 Å². The molecule has 0 aromatic carbocycles. The van der Waals surface area contributed by atoms with E-state index in [-0.39, 0.29) is 5.91 Å². The fourth-order valence-electron chi connectivity index (χ4n) is 1.97. The molecule has 110 valence electrons. The molecule has 0 aliphatic rings. The molecular weight excluding hydrogens is 362 g/mol. The van der Waals surface area contributed by atoms with Crippen molar-refractivity contribution in [2.24, 2.45) is 0 Å². The fraction of sp³-hybridized carbons (Fsp3) is 0.0625. The number of hydrogen-bond acceptors (Lipinski definition) is 4. The minimum absolute atomic E-state index is 0.150. The SMILES string of the molecule is O=C(NCc1ccnc(-c2ccsc2)c1)c1cncc(Br)c1. The number of aromatic nitrogens is 2. The van der Waals surface area contributed by atoms with E-state index < -0.39 is 0 Å². The topological polar surface area (TPSA) is 54.9 Å². The lowest BCUT2D eigenvalue weighted by Gasteiger charge is -2.06. The minimum atomic E-state index is -0.150. The second-order valence-corrected chi connectivity index (χ2v) is 6.33. The molecule has 22 heavy (non-hydrogen) atoms. The van der Waals surface area contributed by atoms with Gasteiger partial charge in [0.2, 0.25) is 0 Å². The van der Waals surface area contributed by atoms with Crippen molar-refractivity contribution < 1.29 is 4.79 Å². The molecule has 0 bridgehead atoms. The van der Waals surface area contributed by atoms with Crippen molar-refractivity contribution in [3.8, 4) is 11.3 Å². The molecule has 3 aromatic heterocycles. The van der Waals surface area contributed by atoms with Crippen LogP contribution in [0.4, 0.5) is 0 Å². The molecule has 0 unspecified atom stereocenters. The number of thiophene rings is 1. The first-order valence-electron chi connectivity index (χ1n) is 6.58. The summed E-state index contributed by atoms with van der Waals surface area (Å²) in [6.45, 7) is 0.449. The molecule has 3 rings (SSSR count). The number of amides is 1. The molecule has 3 aromatic rings. The van der Waals surface area contributed by atoms with Crippen LogP contribution in [0, 0.1) is 0 Å². The van der Waals surface area contributed by atoms with Crippen molar-refractivity contribution in [2.75, 3.05) is 0 Å². The maximum absolute atomic E-state index is 12.1. The van der Waals surface area contributed by atoms with Crippen molar-refractivity contribution in [2.45, 2.75) is 6.54 Å². The lowest BCUT2D eigenvalue weighted by atomic mass is 10.1. The zero-order valence-corrected chi connectivity index (χ0v) is 13.9. The number of carbonyl (C=O) groups is 1. The van der Waals surface area contributed by atoms with Crippen LogP contribution in [0.5, 0.6) is 0 Å². The Hall–Kier alpha value is -2.05. The average molecular weight is 374 g/mol. The molecule has 4 nitrogen and oxygen atoms in total. The van der Waals surface area contributed by atoms with Gasteiger partial charge in [0.25, 0.3) is 5.91 Å². The zero-order valence-electron chi connectivity index (χ0n) is 11.5. The Kier molecular flexibility index (Phi) is 4.60. The lowest BCUT2D eigenvalue weighted by molar-refractivity contribution is 0.0950. The molecule has 1 N–H and O–H groups in total. The minimum Gasteiger partial charge on any atom is -0.348 e. The van der Waals surface area contributed by atoms with E-state index in [9.17, 15) is 4.79 Å². The Balaban J connectivity index is 1.69. The third-order valence-corrected chi connectivity index (χ3v) is 4.18. The lowest BCUT2D eigenvalue weighted by Crippen LogP contribution is -2.22. The van der Waals surface area contributed by atoms with Gasteiger partial charge in [-0.25, -0.2) is 0 Å². The van der Waals surface area contributed by atoms with Crippen LogP contribution in [0.15, 0.2) is 58.1 Å². The highest BCUT2D eigenvalue weighted by Gasteiger charge is 2.07. The largest absolute Gasteiger partial charge is 0.348 e. The van der Waals surface area contributed by atoms with Crippen LogP contribution in [0.25, 0.3) is 11.3 Å². The normalized spacial score (nSPS) is 10.4. The van der Waals surface area contributed by atoms with Gasteiger partial charge in [-0.2, -0.15) is 11.3 Å². The summed E-state index contributed by atoms with van der Waals surface area (Å²) in [7, 11) is 0. The molecule has 1 amide bonds. The predicted octanol–water partition coefficient (Wildman–Crippen LogP) is 3.90. The zero-order chi connectivity index (χ0) is 15.4. The summed E-state index contributed by atoms with van der Waals surface area (Å²) in [4.78, 5) is 20.4. The molecule has 0 aliphatic heterocycles. The van der Waals surface area contributed by atoms with Gasteiger partial charge in [0, 0.05) is 40.6 Å². The van der Waals surface area contributed by atoms with Crippen molar-refractivity contribution >= 4 is 33.2 Å². The van der Waals surface area contributed by atoms with Gasteiger partial charge >= 0.3 is 0 Å². The molecule has 0 saturated carbocycles. The summed E-state index contributed by atoms with van der Waals surface area (Å²) in [5.41, 5.74) is 3.54. The molecule has 0 spiro atoms. The van der Waals surface area contributed by atoms with Crippen molar-refractivity contribution in [1.82, 2.24) is 15.3 Å². The number of carbonyl (C=O) groups excluding carboxylic acids is 1. The summed E-state index contributed by atoms with van der Waals surface area (Å²) >= 11 is 4.94. The fourth-order valence-corrected chi connectivity index (χ4v) is 2.99. The third-order valence-electron chi connectivity index (χ3n) is 3.06. The van der Waals surface area contributed by atoms with Crippen LogP contribution >= 0.6 is 27.3 Å². The molecule has 0 aliphatic carbocycles. The Labute approximate surface area is 140 Å². The van der Waals surface area contributed by atoms with Crippen molar-refractivity contribution in [3.63, 3.8) is 0 Å². The van der Waals surface area contributed by atoms with E-state index in [0.29, 0.717) is 12.1 Å². The quantitative estimate of drug-likeness (QED) is 0.754. The monoisotopic (exact) mass is 373 g/mol. The van der Waals surface area contributed by atoms with Crippen LogP contribution in [-0.2, 0) is 6.54 Å². The summed E-state index contributed by atoms with van der Waals surface area (Å²) in [6, 6.07) is 7.66. The predicted molar refractivity (Wildman–Crippen MR) is 90.7 cm³/mol. The standard InChI is InChI=1S/C16H12BrN3OS/c17-14-6-13(8-18-9-14)16(21)20-7-11-1-3-19-15(5-11)12-2-4-22-10-12/h1-6,8-10H,7H2,(H,20,21). The first-order chi connectivity index (χ1) is 10.7. The van der Waals surface area contributed by atoms with Crippen LogP contribution in [0.3, 0.4) is 0 Å². The van der Waals surface area contributed by atoms with E-state index in [1.165, 1.54) is 0 Å². The molecule has 3 heterocycles. The first kappa shape index (κ1) is 14.9. The molecule has 0 atom stereocenters. The maximum Gasteiger partial charge on any atom is 0.253 e. The molecule has 0 fully saturated rings. The van der Waals surface area contributed by atoms with E-state index in [1.807, 2.05) is 23.6 Å². The summed E-state index contributed by atoms with van der Waals surface area (Å²) in [5.74, 6) is -0.150. The van der Waals surface area contributed by atoms with Gasteiger partial charge in [-0.15, -0.1) is 0 Å². The van der Waals surface area contributed by atoms with Gasteiger partial charge in [-0.3, -0.25) is 14.8 Å². The first-order valence-corrected chi connectivity index (χ1v) is 8.32. The molecular formula is C16H12BrN3OS. The van der Waals surface area contributed by atoms with E-state index in [2.05, 4.69) is 36.6 Å². The summed E-state index contributed by atoms with van der Waals surface area (Å²) in [6.07, 6.45) is 4.95. The number of pyridine rings is 2. The highest BCUT2D eigenvalue weighted by Crippen LogP contribution is 2.20. The highest BCUT2D eigenvalue weighted by atomic mass is 79.9. The van der Waals surface area contributed by atoms with Crippen molar-refractivity contribution in [3.05, 3.63) is 69.2 Å². The Morgan fingerprint density at radius 1 is 1.27 bits per heavy atom. The van der Waals surface area contributed by atoms with Crippen LogP contribution in [0.1, 0.15) is 15.9 Å². The Morgan fingerprint density at radius 2 is 2.18 bits per heavy atom. The van der Waals surface area contributed by atoms with E-state index in [4.69, 9.17) is 0 Å². The van der Waals surface area contributed by atoms with Gasteiger partial charge in [-0.05, 0) is 51.1 Å². The van der Waals surface area contributed by atoms with Crippen LogP contribution < -0.4 is 5.32 Å². The van der Waals surface area contributed by atoms with Crippen molar-refractivity contribution in [1.29, 1.82) is 0 Å². The second kappa shape index (κ2) is 6.81. The summed E-state index contributed by atoms with van der Waals surface area (Å²) in [5, 5.41) is 6.96. The smallest absolute Gasteiger partial charge is 0.253 e. The van der Waals surface area contributed by atoms with Gasteiger partial charge < -0.3 is 5.32 Å². The molecule has 0 radical (unpaired) electrons. The van der Waals surface area contributed by atoms with Gasteiger partial charge in [0.1, 0.15) is 0 Å². The van der Waals surface area contributed by atoms with Gasteiger partial charge in [0.15, 0.2) is 0 Å². The number of halogens is 1. The average Bonchev–Trinajstić information content (AvgIpc) is 3.07. The van der Waals surface area contributed by atoms with E-state index >= 15 is 0 Å². The Morgan fingerprint density at radius 3 is 2.95 bits per heavy atom. The highest BCUT2D eigenvalue weighted by molar-refractivity contribution is 9.10. The second-order valence-electron chi connectivity index (χ2n) is 4.64. The van der Waals surface area contributed by atoms with E-state index in [0.717, 1.165) is 21.3 Å². The number of rotatable bonds is 4. The summed E-state index contributed by atoms with van der Waals surface area (Å²) < 4.78 is 0.781. The molecule has 0 saturated heterocycles. The molecule has 6 heteroatoms. The van der Waals surface area contributed by atoms with Gasteiger partial charge in [-0.1, -0.05) is 0 Å². The van der Waals surface area contributed by atoms with Crippen LogP contribution in [-0.4, -0.2) is 15.9 Å². The van der Waals surface area contributed by atoms with Crippen LogP contribution in [0.2, 0.25) is 0 Å². The number of nitrogens with one attached hydrogen (secondary N) is 1.